The molecule has 3 rings (SSSR count). The van der Waals surface area contributed by atoms with Crippen LogP contribution in [-0.2, 0) is 17.9 Å². The molecule has 1 heterocycles. The van der Waals surface area contributed by atoms with Crippen molar-refractivity contribution in [3.63, 3.8) is 0 Å². The summed E-state index contributed by atoms with van der Waals surface area (Å²) in [4.78, 5) is 12.1. The van der Waals surface area contributed by atoms with Gasteiger partial charge < -0.3 is 9.88 Å². The first-order chi connectivity index (χ1) is 15.0. The first-order valence-corrected chi connectivity index (χ1v) is 11.4. The molecule has 3 aromatic rings. The van der Waals surface area contributed by atoms with Gasteiger partial charge in [-0.15, -0.1) is 10.2 Å². The van der Waals surface area contributed by atoms with Gasteiger partial charge in [0.15, 0.2) is 11.0 Å². The van der Waals surface area contributed by atoms with E-state index in [2.05, 4.69) is 26.0 Å². The minimum Gasteiger partial charge on any atom is -0.378 e. The van der Waals surface area contributed by atoms with E-state index in [0.29, 0.717) is 33.3 Å². The number of anilines is 1. The van der Waals surface area contributed by atoms with Crippen LogP contribution in [0.4, 0.5) is 5.69 Å². The van der Waals surface area contributed by atoms with E-state index in [9.17, 15) is 4.79 Å². The summed E-state index contributed by atoms with van der Waals surface area (Å²) in [6.45, 7) is 3.19. The number of hydrogen-bond donors (Lipinski definition) is 2. The van der Waals surface area contributed by atoms with E-state index in [4.69, 9.17) is 34.8 Å². The summed E-state index contributed by atoms with van der Waals surface area (Å²) in [6.07, 6.45) is 1.50. The molecule has 0 atom stereocenters. The second-order valence-electron chi connectivity index (χ2n) is 6.26. The second-order valence-corrected chi connectivity index (χ2v) is 8.45. The molecule has 0 saturated carbocycles. The van der Waals surface area contributed by atoms with Gasteiger partial charge in [0.05, 0.1) is 28.6 Å². The van der Waals surface area contributed by atoms with E-state index in [1.165, 1.54) is 18.0 Å². The van der Waals surface area contributed by atoms with E-state index in [1.807, 2.05) is 35.8 Å². The highest BCUT2D eigenvalue weighted by atomic mass is 35.5. The summed E-state index contributed by atoms with van der Waals surface area (Å²) in [5.74, 6) is 0.673. The fraction of sp³-hybridized carbons (Fsp3) is 0.200. The fourth-order valence-corrected chi connectivity index (χ4v) is 3.80. The number of rotatable bonds is 9. The van der Waals surface area contributed by atoms with E-state index >= 15 is 0 Å². The molecule has 2 aromatic carbocycles. The molecule has 31 heavy (non-hydrogen) atoms. The molecule has 0 bridgehead atoms. The zero-order valence-corrected chi connectivity index (χ0v) is 19.6. The summed E-state index contributed by atoms with van der Waals surface area (Å²) < 4.78 is 1.96. The third-order valence-corrected chi connectivity index (χ3v) is 6.04. The van der Waals surface area contributed by atoms with Gasteiger partial charge in [-0.25, -0.2) is 5.43 Å². The number of amides is 1. The lowest BCUT2D eigenvalue weighted by Gasteiger charge is -2.09. The van der Waals surface area contributed by atoms with Crippen molar-refractivity contribution < 1.29 is 4.79 Å². The first kappa shape index (κ1) is 23.4. The molecule has 0 saturated heterocycles. The van der Waals surface area contributed by atoms with Crippen LogP contribution in [0, 0.1) is 0 Å². The lowest BCUT2D eigenvalue weighted by atomic mass is 10.2. The van der Waals surface area contributed by atoms with Gasteiger partial charge in [0, 0.05) is 17.3 Å². The molecule has 0 unspecified atom stereocenters. The highest BCUT2D eigenvalue weighted by Crippen LogP contribution is 2.22. The lowest BCUT2D eigenvalue weighted by Crippen LogP contribution is -2.20. The third-order valence-electron chi connectivity index (χ3n) is 4.08. The van der Waals surface area contributed by atoms with Gasteiger partial charge in [-0.3, -0.25) is 4.79 Å². The van der Waals surface area contributed by atoms with E-state index in [-0.39, 0.29) is 11.7 Å². The van der Waals surface area contributed by atoms with E-state index in [0.717, 1.165) is 17.1 Å². The van der Waals surface area contributed by atoms with Crippen LogP contribution in [0.2, 0.25) is 15.1 Å². The van der Waals surface area contributed by atoms with Gasteiger partial charge in [0.2, 0.25) is 0 Å². The lowest BCUT2D eigenvalue weighted by molar-refractivity contribution is -0.118. The molecule has 0 aliphatic heterocycles. The van der Waals surface area contributed by atoms with Crippen LogP contribution in [0.15, 0.2) is 52.7 Å². The Bertz CT molecular complexity index is 1070. The second kappa shape index (κ2) is 11.4. The smallest absolute Gasteiger partial charge is 0.250 e. The van der Waals surface area contributed by atoms with Crippen molar-refractivity contribution >= 4 is 64.4 Å². The number of carbonyl (C=O) groups is 1. The van der Waals surface area contributed by atoms with E-state index < -0.39 is 0 Å². The molecule has 0 fully saturated rings. The highest BCUT2D eigenvalue weighted by Gasteiger charge is 2.13. The Morgan fingerprint density at radius 3 is 2.61 bits per heavy atom. The normalized spacial score (nSPS) is 11.1. The molecule has 11 heteroatoms. The molecular weight excluding hydrogens is 479 g/mol. The molecular formula is C20H19Cl3N6OS. The molecule has 0 spiro atoms. The van der Waals surface area contributed by atoms with Crippen molar-refractivity contribution in [1.29, 1.82) is 0 Å². The number of carbonyl (C=O) groups excluding carboxylic acids is 1. The molecule has 0 aliphatic rings. The number of thioether (sulfide) groups is 1. The predicted octanol–water partition coefficient (Wildman–Crippen LogP) is 5.11. The number of nitrogens with one attached hydrogen (secondary N) is 2. The Morgan fingerprint density at radius 2 is 1.90 bits per heavy atom. The summed E-state index contributed by atoms with van der Waals surface area (Å²) in [7, 11) is 0. The van der Waals surface area contributed by atoms with Crippen molar-refractivity contribution in [2.45, 2.75) is 25.2 Å². The summed E-state index contributed by atoms with van der Waals surface area (Å²) in [6, 6.07) is 12.5. The van der Waals surface area contributed by atoms with Crippen LogP contribution in [0.3, 0.4) is 0 Å². The number of nitrogens with zero attached hydrogens (tertiary/aromatic N) is 4. The summed E-state index contributed by atoms with van der Waals surface area (Å²) in [5, 5.41) is 17.9. The predicted molar refractivity (Wildman–Crippen MR) is 127 cm³/mol. The Morgan fingerprint density at radius 1 is 1.13 bits per heavy atom. The minimum absolute atomic E-state index is 0.154. The van der Waals surface area contributed by atoms with Gasteiger partial charge in [0.1, 0.15) is 0 Å². The van der Waals surface area contributed by atoms with E-state index in [1.54, 1.807) is 18.2 Å². The van der Waals surface area contributed by atoms with Crippen LogP contribution in [0.1, 0.15) is 18.3 Å². The van der Waals surface area contributed by atoms with Gasteiger partial charge in [-0.1, -0.05) is 52.6 Å². The Balaban J connectivity index is 1.51. The maximum Gasteiger partial charge on any atom is 0.250 e. The van der Waals surface area contributed by atoms with Crippen molar-refractivity contribution in [2.24, 2.45) is 5.10 Å². The molecule has 1 amide bonds. The van der Waals surface area contributed by atoms with Crippen molar-refractivity contribution in [3.8, 4) is 0 Å². The van der Waals surface area contributed by atoms with Gasteiger partial charge >= 0.3 is 0 Å². The average molecular weight is 498 g/mol. The van der Waals surface area contributed by atoms with Crippen molar-refractivity contribution in [2.75, 3.05) is 11.1 Å². The number of halogens is 3. The summed E-state index contributed by atoms with van der Waals surface area (Å²) >= 11 is 19.0. The molecule has 7 nitrogen and oxygen atoms in total. The van der Waals surface area contributed by atoms with Gasteiger partial charge in [-0.2, -0.15) is 5.10 Å². The quantitative estimate of drug-likeness (QED) is 0.244. The SMILES string of the molecule is CCn1c(CNc2ccc(Cl)cc2)nnc1SCC(=O)NN=Cc1ccc(Cl)c(Cl)c1. The largest absolute Gasteiger partial charge is 0.378 e. The third kappa shape index (κ3) is 6.87. The Kier molecular flexibility index (Phi) is 8.60. The molecule has 2 N–H and O–H groups in total. The maximum absolute atomic E-state index is 12.1. The number of hydrogen-bond acceptors (Lipinski definition) is 6. The van der Waals surface area contributed by atoms with Crippen molar-refractivity contribution in [1.82, 2.24) is 20.2 Å². The first-order valence-electron chi connectivity index (χ1n) is 9.27. The average Bonchev–Trinajstić information content (AvgIpc) is 3.16. The van der Waals surface area contributed by atoms with Gasteiger partial charge in [-0.05, 0) is 48.9 Å². The minimum atomic E-state index is -0.257. The monoisotopic (exact) mass is 496 g/mol. The molecule has 162 valence electrons. The van der Waals surface area contributed by atoms with Crippen LogP contribution >= 0.6 is 46.6 Å². The number of benzene rings is 2. The molecule has 1 aromatic heterocycles. The zero-order chi connectivity index (χ0) is 22.2. The standard InChI is InChI=1S/C20H19Cl3N6OS/c1-2-29-18(11-24-15-6-4-14(21)5-7-15)26-28-20(29)31-12-19(30)27-25-10-13-3-8-16(22)17(23)9-13/h3-10,24H,2,11-12H2,1H3,(H,27,30). The maximum atomic E-state index is 12.1. The Hall–Kier alpha value is -2.26. The van der Waals surface area contributed by atoms with Crippen LogP contribution in [0.25, 0.3) is 0 Å². The molecule has 0 radical (unpaired) electrons. The topological polar surface area (TPSA) is 84.2 Å². The summed E-state index contributed by atoms with van der Waals surface area (Å²) in [5.41, 5.74) is 4.15. The zero-order valence-electron chi connectivity index (χ0n) is 16.5. The van der Waals surface area contributed by atoms with Crippen molar-refractivity contribution in [3.05, 3.63) is 68.9 Å². The molecule has 0 aliphatic carbocycles. The highest BCUT2D eigenvalue weighted by molar-refractivity contribution is 7.99. The number of hydrazone groups is 1. The van der Waals surface area contributed by atoms with Gasteiger partial charge in [0.25, 0.3) is 5.91 Å². The Labute approximate surface area is 199 Å². The number of aromatic nitrogens is 3. The fourth-order valence-electron chi connectivity index (χ4n) is 2.56. The van der Waals surface area contributed by atoms with Crippen LogP contribution in [-0.4, -0.2) is 32.6 Å². The van der Waals surface area contributed by atoms with Crippen LogP contribution < -0.4 is 10.7 Å². The van der Waals surface area contributed by atoms with Crippen LogP contribution in [0.5, 0.6) is 0 Å².